The average Bonchev–Trinajstić information content (AvgIpc) is 2.91. The largest absolute Gasteiger partial charge is 0.393 e. The van der Waals surface area contributed by atoms with E-state index >= 15 is 0 Å². The molecular weight excluding hydrogens is 232 g/mol. The van der Waals surface area contributed by atoms with Gasteiger partial charge in [-0.1, -0.05) is 0 Å². The molecule has 0 radical (unpaired) electrons. The fourth-order valence-corrected chi connectivity index (χ4v) is 3.11. The Balaban J connectivity index is 1.82. The number of nitrogens with one attached hydrogen (secondary N) is 1. The van der Waals surface area contributed by atoms with Crippen molar-refractivity contribution in [3.05, 3.63) is 6.07 Å². The van der Waals surface area contributed by atoms with Gasteiger partial charge in [0.15, 0.2) is 0 Å². The van der Waals surface area contributed by atoms with Crippen molar-refractivity contribution in [2.45, 2.75) is 18.9 Å². The number of rotatable bonds is 2. The molecule has 2 fully saturated rings. The highest BCUT2D eigenvalue weighted by Gasteiger charge is 2.42. The molecule has 7 nitrogen and oxygen atoms in total. The van der Waals surface area contributed by atoms with Crippen molar-refractivity contribution in [1.29, 1.82) is 0 Å². The topological polar surface area (TPSA) is 113 Å². The van der Waals surface area contributed by atoms with Crippen molar-refractivity contribution in [3.63, 3.8) is 0 Å². The first-order valence-corrected chi connectivity index (χ1v) is 6.21. The number of hydrogen-bond donors (Lipinski definition) is 4. The lowest BCUT2D eigenvalue weighted by atomic mass is 10.00. The molecule has 0 amide bonds. The predicted molar refractivity (Wildman–Crippen MR) is 68.7 cm³/mol. The fraction of sp³-hybridized carbons (Fsp3) is 0.636. The quantitative estimate of drug-likeness (QED) is 0.415. The lowest BCUT2D eigenvalue weighted by Crippen LogP contribution is -2.25. The smallest absolute Gasteiger partial charge is 0.223 e. The Morgan fingerprint density at radius 2 is 2.17 bits per heavy atom. The van der Waals surface area contributed by atoms with Crippen LogP contribution in [0.4, 0.5) is 17.6 Å². The van der Waals surface area contributed by atoms with Crippen LogP contribution in [0.3, 0.4) is 0 Å². The van der Waals surface area contributed by atoms with Crippen LogP contribution in [0.5, 0.6) is 0 Å². The molecule has 1 aromatic rings. The highest BCUT2D eigenvalue weighted by atomic mass is 16.3. The second-order valence-corrected chi connectivity index (χ2v) is 5.09. The molecule has 3 atom stereocenters. The molecule has 7 heteroatoms. The van der Waals surface area contributed by atoms with Crippen molar-refractivity contribution in [3.8, 4) is 0 Å². The normalized spacial score (nSPS) is 30.6. The number of hydrogen-bond acceptors (Lipinski definition) is 7. The Labute approximate surface area is 105 Å². The zero-order valence-electron chi connectivity index (χ0n) is 10.1. The van der Waals surface area contributed by atoms with Gasteiger partial charge in [-0.3, -0.25) is 0 Å². The van der Waals surface area contributed by atoms with Gasteiger partial charge < -0.3 is 21.2 Å². The molecule has 0 spiro atoms. The predicted octanol–water partition coefficient (Wildman–Crippen LogP) is -0.449. The minimum absolute atomic E-state index is 0.175. The maximum atomic E-state index is 9.90. The molecule has 3 unspecified atom stereocenters. The molecular formula is C11H18N6O. The number of hydrazine groups is 1. The van der Waals surface area contributed by atoms with E-state index in [0.717, 1.165) is 31.7 Å². The van der Waals surface area contributed by atoms with Gasteiger partial charge in [0.2, 0.25) is 5.95 Å². The summed E-state index contributed by atoms with van der Waals surface area (Å²) in [5.74, 6) is 7.75. The third-order valence-corrected chi connectivity index (χ3v) is 4.02. The van der Waals surface area contributed by atoms with E-state index in [2.05, 4.69) is 20.3 Å². The molecule has 1 saturated heterocycles. The SMILES string of the molecule is NNc1cc(N2CC3CCC(O)C3C2)nc(N)n1. The lowest BCUT2D eigenvalue weighted by molar-refractivity contribution is 0.133. The van der Waals surface area contributed by atoms with Crippen LogP contribution < -0.4 is 21.9 Å². The summed E-state index contributed by atoms with van der Waals surface area (Å²) >= 11 is 0. The number of nitrogens with zero attached hydrogens (tertiary/aromatic N) is 3. The standard InChI is InChI=1S/C11H18N6O/c12-11-14-9(16-13)3-10(15-11)17-4-6-1-2-8(18)7(6)5-17/h3,6-8,18H,1-2,4-5,13H2,(H3,12,14,15,16). The molecule has 3 rings (SSSR count). The van der Waals surface area contributed by atoms with Crippen molar-refractivity contribution in [2.75, 3.05) is 29.1 Å². The number of nitrogens with two attached hydrogens (primary N) is 2. The molecule has 2 aliphatic rings. The highest BCUT2D eigenvalue weighted by molar-refractivity contribution is 5.52. The van der Waals surface area contributed by atoms with Crippen molar-refractivity contribution >= 4 is 17.6 Å². The number of aliphatic hydroxyl groups excluding tert-OH is 1. The Kier molecular flexibility index (Phi) is 2.71. The van der Waals surface area contributed by atoms with Crippen molar-refractivity contribution in [1.82, 2.24) is 9.97 Å². The van der Waals surface area contributed by atoms with Crippen LogP contribution in [0.25, 0.3) is 0 Å². The van der Waals surface area contributed by atoms with Gasteiger partial charge in [-0.2, -0.15) is 9.97 Å². The summed E-state index contributed by atoms with van der Waals surface area (Å²) in [4.78, 5) is 10.3. The highest BCUT2D eigenvalue weighted by Crippen LogP contribution is 2.39. The Morgan fingerprint density at radius 1 is 1.33 bits per heavy atom. The Bertz CT molecular complexity index is 453. The van der Waals surface area contributed by atoms with E-state index in [0.29, 0.717) is 17.7 Å². The molecule has 1 saturated carbocycles. The number of aromatic nitrogens is 2. The molecule has 6 N–H and O–H groups in total. The first-order valence-electron chi connectivity index (χ1n) is 6.21. The van der Waals surface area contributed by atoms with Gasteiger partial charge in [-0.05, 0) is 18.8 Å². The van der Waals surface area contributed by atoms with E-state index in [4.69, 9.17) is 11.6 Å². The zero-order valence-corrected chi connectivity index (χ0v) is 10.1. The number of aliphatic hydroxyl groups is 1. The first kappa shape index (κ1) is 11.5. The molecule has 1 aliphatic carbocycles. The lowest BCUT2D eigenvalue weighted by Gasteiger charge is -2.20. The minimum Gasteiger partial charge on any atom is -0.393 e. The average molecular weight is 250 g/mol. The second kappa shape index (κ2) is 4.25. The van der Waals surface area contributed by atoms with Gasteiger partial charge in [0.05, 0.1) is 6.10 Å². The van der Waals surface area contributed by atoms with E-state index in [1.807, 2.05) is 0 Å². The molecule has 0 aromatic carbocycles. The van der Waals surface area contributed by atoms with Gasteiger partial charge in [0, 0.05) is 25.1 Å². The van der Waals surface area contributed by atoms with E-state index in [1.165, 1.54) is 0 Å². The minimum atomic E-state index is -0.175. The van der Waals surface area contributed by atoms with Gasteiger partial charge in [0.25, 0.3) is 0 Å². The van der Waals surface area contributed by atoms with Gasteiger partial charge in [-0.25, -0.2) is 5.84 Å². The van der Waals surface area contributed by atoms with Crippen LogP contribution >= 0.6 is 0 Å². The summed E-state index contributed by atoms with van der Waals surface area (Å²) in [6.07, 6.45) is 1.83. The molecule has 98 valence electrons. The summed E-state index contributed by atoms with van der Waals surface area (Å²) in [5, 5.41) is 9.90. The van der Waals surface area contributed by atoms with Gasteiger partial charge >= 0.3 is 0 Å². The molecule has 2 heterocycles. The van der Waals surface area contributed by atoms with Crippen LogP contribution in [0, 0.1) is 11.8 Å². The molecule has 1 aromatic heterocycles. The van der Waals surface area contributed by atoms with Crippen LogP contribution in [-0.4, -0.2) is 34.3 Å². The van der Waals surface area contributed by atoms with E-state index in [9.17, 15) is 5.11 Å². The molecule has 0 bridgehead atoms. The number of fused-ring (bicyclic) bond motifs is 1. The van der Waals surface area contributed by atoms with Crippen LogP contribution in [0.1, 0.15) is 12.8 Å². The second-order valence-electron chi connectivity index (χ2n) is 5.09. The summed E-state index contributed by atoms with van der Waals surface area (Å²) < 4.78 is 0. The van der Waals surface area contributed by atoms with Crippen LogP contribution in [0.15, 0.2) is 6.07 Å². The van der Waals surface area contributed by atoms with E-state index in [1.54, 1.807) is 6.07 Å². The monoisotopic (exact) mass is 250 g/mol. The third-order valence-electron chi connectivity index (χ3n) is 4.02. The third kappa shape index (κ3) is 1.85. The Hall–Kier alpha value is -1.60. The van der Waals surface area contributed by atoms with Crippen LogP contribution in [-0.2, 0) is 0 Å². The number of nitrogen functional groups attached to an aromatic ring is 2. The van der Waals surface area contributed by atoms with Crippen molar-refractivity contribution < 1.29 is 5.11 Å². The van der Waals surface area contributed by atoms with E-state index < -0.39 is 0 Å². The maximum Gasteiger partial charge on any atom is 0.223 e. The summed E-state index contributed by atoms with van der Waals surface area (Å²) in [5.41, 5.74) is 8.14. The van der Waals surface area contributed by atoms with Crippen molar-refractivity contribution in [2.24, 2.45) is 17.7 Å². The Morgan fingerprint density at radius 3 is 2.89 bits per heavy atom. The van der Waals surface area contributed by atoms with Gasteiger partial charge in [0.1, 0.15) is 11.6 Å². The molecule has 18 heavy (non-hydrogen) atoms. The zero-order chi connectivity index (χ0) is 12.7. The van der Waals surface area contributed by atoms with Crippen LogP contribution in [0.2, 0.25) is 0 Å². The van der Waals surface area contributed by atoms with E-state index in [-0.39, 0.29) is 12.1 Å². The summed E-state index contributed by atoms with van der Waals surface area (Å²) in [6, 6.07) is 1.78. The fourth-order valence-electron chi connectivity index (χ4n) is 3.11. The maximum absolute atomic E-state index is 9.90. The summed E-state index contributed by atoms with van der Waals surface area (Å²) in [6.45, 7) is 1.74. The summed E-state index contributed by atoms with van der Waals surface area (Å²) in [7, 11) is 0. The molecule has 1 aliphatic heterocycles. The first-order chi connectivity index (χ1) is 8.67. The number of anilines is 3. The van der Waals surface area contributed by atoms with Gasteiger partial charge in [-0.15, -0.1) is 0 Å².